The summed E-state index contributed by atoms with van der Waals surface area (Å²) in [6.07, 6.45) is 3.41. The van der Waals surface area contributed by atoms with Gasteiger partial charge in [0.05, 0.1) is 6.42 Å². The van der Waals surface area contributed by atoms with Crippen molar-refractivity contribution in [2.75, 3.05) is 13.2 Å². The van der Waals surface area contributed by atoms with Crippen LogP contribution in [0.25, 0.3) is 0 Å². The molecule has 0 unspecified atom stereocenters. The van der Waals surface area contributed by atoms with Crippen molar-refractivity contribution in [2.24, 2.45) is 5.16 Å². The van der Waals surface area contributed by atoms with E-state index in [4.69, 9.17) is 14.7 Å². The van der Waals surface area contributed by atoms with Gasteiger partial charge in [-0.3, -0.25) is 9.78 Å². The van der Waals surface area contributed by atoms with Crippen molar-refractivity contribution in [3.05, 3.63) is 95.8 Å². The maximum Gasteiger partial charge on any atom is 0.307 e. The van der Waals surface area contributed by atoms with Gasteiger partial charge in [0.25, 0.3) is 0 Å². The summed E-state index contributed by atoms with van der Waals surface area (Å²) in [6, 6.07) is 20.5. The normalized spacial score (nSPS) is 11.1. The second kappa shape index (κ2) is 9.87. The first kappa shape index (κ1) is 19.1. The van der Waals surface area contributed by atoms with Gasteiger partial charge in [-0.05, 0) is 29.8 Å². The third-order valence-electron chi connectivity index (χ3n) is 3.84. The number of pyridine rings is 1. The Kier molecular flexibility index (Phi) is 6.73. The molecule has 6 nitrogen and oxygen atoms in total. The van der Waals surface area contributed by atoms with E-state index in [9.17, 15) is 4.79 Å². The van der Waals surface area contributed by atoms with Gasteiger partial charge in [0, 0.05) is 23.5 Å². The van der Waals surface area contributed by atoms with Crippen molar-refractivity contribution in [3.63, 3.8) is 0 Å². The molecule has 0 amide bonds. The molecule has 0 radical (unpaired) electrons. The maximum atomic E-state index is 10.8. The molecule has 0 fully saturated rings. The Morgan fingerprint density at radius 3 is 2.54 bits per heavy atom. The van der Waals surface area contributed by atoms with Crippen LogP contribution in [0.4, 0.5) is 0 Å². The Balaban J connectivity index is 1.60. The standard InChI is InChI=1S/C22H20N2O4/c25-21(26)15-17-6-4-10-20(14-17)27-12-13-28-24-22(18-7-2-1-3-8-18)19-9-5-11-23-16-19/h1-11,14,16H,12-13,15H2,(H,25,26)/b24-22+. The number of carbonyl (C=O) groups is 1. The molecule has 3 rings (SSSR count). The molecule has 0 saturated carbocycles. The van der Waals surface area contributed by atoms with Crippen LogP contribution in [0.1, 0.15) is 16.7 Å². The van der Waals surface area contributed by atoms with Gasteiger partial charge in [-0.1, -0.05) is 47.6 Å². The summed E-state index contributed by atoms with van der Waals surface area (Å²) in [5, 5.41) is 13.1. The molecule has 1 heterocycles. The van der Waals surface area contributed by atoms with Crippen LogP contribution in [0.2, 0.25) is 0 Å². The van der Waals surface area contributed by atoms with E-state index in [-0.39, 0.29) is 19.6 Å². The first-order valence-electron chi connectivity index (χ1n) is 8.81. The zero-order valence-corrected chi connectivity index (χ0v) is 15.2. The average molecular weight is 376 g/mol. The molecule has 0 saturated heterocycles. The number of hydrogen-bond acceptors (Lipinski definition) is 5. The Hall–Kier alpha value is -3.67. The highest BCUT2D eigenvalue weighted by Crippen LogP contribution is 2.14. The highest BCUT2D eigenvalue weighted by atomic mass is 16.6. The smallest absolute Gasteiger partial charge is 0.307 e. The number of nitrogens with zero attached hydrogens (tertiary/aromatic N) is 2. The molecule has 0 spiro atoms. The maximum absolute atomic E-state index is 10.8. The van der Waals surface area contributed by atoms with E-state index in [1.807, 2.05) is 42.5 Å². The van der Waals surface area contributed by atoms with Crippen LogP contribution in [-0.4, -0.2) is 35.0 Å². The van der Waals surface area contributed by atoms with Crippen LogP contribution in [0.15, 0.2) is 84.3 Å². The number of aromatic nitrogens is 1. The molecule has 2 aromatic carbocycles. The second-order valence-corrected chi connectivity index (χ2v) is 5.95. The largest absolute Gasteiger partial charge is 0.490 e. The quantitative estimate of drug-likeness (QED) is 0.351. The number of ether oxygens (including phenoxy) is 1. The van der Waals surface area contributed by atoms with E-state index in [1.54, 1.807) is 36.7 Å². The summed E-state index contributed by atoms with van der Waals surface area (Å²) in [6.45, 7) is 0.537. The SMILES string of the molecule is O=C(O)Cc1cccc(OCCO/N=C(\c2ccccc2)c2cccnc2)c1. The minimum Gasteiger partial charge on any atom is -0.490 e. The van der Waals surface area contributed by atoms with Gasteiger partial charge >= 0.3 is 5.97 Å². The Labute approximate surface area is 163 Å². The summed E-state index contributed by atoms with van der Waals surface area (Å²) in [5.74, 6) is -0.277. The lowest BCUT2D eigenvalue weighted by molar-refractivity contribution is -0.136. The van der Waals surface area contributed by atoms with Gasteiger partial charge in [0.15, 0.2) is 6.61 Å². The number of hydrogen-bond donors (Lipinski definition) is 1. The van der Waals surface area contributed by atoms with E-state index in [1.165, 1.54) is 0 Å². The lowest BCUT2D eigenvalue weighted by Gasteiger charge is -2.09. The predicted molar refractivity (Wildman–Crippen MR) is 106 cm³/mol. The van der Waals surface area contributed by atoms with Gasteiger partial charge in [-0.25, -0.2) is 0 Å². The molecule has 28 heavy (non-hydrogen) atoms. The Bertz CT molecular complexity index is 886. The molecule has 0 aliphatic rings. The average Bonchev–Trinajstić information content (AvgIpc) is 2.72. The third-order valence-corrected chi connectivity index (χ3v) is 3.84. The minimum atomic E-state index is -0.876. The number of aliphatic carboxylic acids is 1. The molecule has 0 aliphatic carbocycles. The van der Waals surface area contributed by atoms with Crippen molar-refractivity contribution in [2.45, 2.75) is 6.42 Å². The van der Waals surface area contributed by atoms with Gasteiger partial charge in [-0.2, -0.15) is 0 Å². The Morgan fingerprint density at radius 2 is 1.79 bits per heavy atom. The fourth-order valence-corrected chi connectivity index (χ4v) is 2.60. The fraction of sp³-hybridized carbons (Fsp3) is 0.136. The summed E-state index contributed by atoms with van der Waals surface area (Å²) < 4.78 is 5.62. The summed E-state index contributed by atoms with van der Waals surface area (Å²) in [7, 11) is 0. The number of carboxylic acid groups (broad SMARTS) is 1. The molecule has 3 aromatic rings. The van der Waals surface area contributed by atoms with Crippen LogP contribution in [0.3, 0.4) is 0 Å². The monoisotopic (exact) mass is 376 g/mol. The molecule has 142 valence electrons. The number of benzene rings is 2. The van der Waals surface area contributed by atoms with Crippen LogP contribution in [0, 0.1) is 0 Å². The van der Waals surface area contributed by atoms with E-state index < -0.39 is 5.97 Å². The first-order chi connectivity index (χ1) is 13.7. The van der Waals surface area contributed by atoms with Gasteiger partial charge in [0.2, 0.25) is 0 Å². The molecule has 1 N–H and O–H groups in total. The molecular formula is C22H20N2O4. The van der Waals surface area contributed by atoms with Crippen molar-refractivity contribution >= 4 is 11.7 Å². The predicted octanol–water partition coefficient (Wildman–Crippen LogP) is 3.56. The van der Waals surface area contributed by atoms with Gasteiger partial charge in [0.1, 0.15) is 18.1 Å². The summed E-state index contributed by atoms with van der Waals surface area (Å²) in [4.78, 5) is 20.4. The highest BCUT2D eigenvalue weighted by molar-refractivity contribution is 6.12. The molecule has 1 aromatic heterocycles. The number of carboxylic acids is 1. The van der Waals surface area contributed by atoms with Crippen molar-refractivity contribution in [1.82, 2.24) is 4.98 Å². The summed E-state index contributed by atoms with van der Waals surface area (Å²) in [5.41, 5.74) is 3.16. The van der Waals surface area contributed by atoms with E-state index >= 15 is 0 Å². The summed E-state index contributed by atoms with van der Waals surface area (Å²) >= 11 is 0. The number of oxime groups is 1. The van der Waals surface area contributed by atoms with Crippen LogP contribution in [-0.2, 0) is 16.1 Å². The van der Waals surface area contributed by atoms with Crippen LogP contribution >= 0.6 is 0 Å². The van der Waals surface area contributed by atoms with Crippen LogP contribution in [0.5, 0.6) is 5.75 Å². The van der Waals surface area contributed by atoms with E-state index in [0.717, 1.165) is 11.1 Å². The topological polar surface area (TPSA) is 81.0 Å². The molecule has 6 heteroatoms. The van der Waals surface area contributed by atoms with Crippen molar-refractivity contribution < 1.29 is 19.5 Å². The van der Waals surface area contributed by atoms with Gasteiger partial charge in [-0.15, -0.1) is 0 Å². The van der Waals surface area contributed by atoms with E-state index in [2.05, 4.69) is 10.1 Å². The second-order valence-electron chi connectivity index (χ2n) is 5.95. The zero-order chi connectivity index (χ0) is 19.6. The molecular weight excluding hydrogens is 356 g/mol. The first-order valence-corrected chi connectivity index (χ1v) is 8.81. The van der Waals surface area contributed by atoms with E-state index in [0.29, 0.717) is 17.0 Å². The molecule has 0 bridgehead atoms. The Morgan fingerprint density at radius 1 is 0.964 bits per heavy atom. The fourth-order valence-electron chi connectivity index (χ4n) is 2.60. The van der Waals surface area contributed by atoms with Gasteiger partial charge < -0.3 is 14.7 Å². The number of rotatable bonds is 9. The lowest BCUT2D eigenvalue weighted by atomic mass is 10.0. The zero-order valence-electron chi connectivity index (χ0n) is 15.2. The lowest BCUT2D eigenvalue weighted by Crippen LogP contribution is -2.08. The van der Waals surface area contributed by atoms with Crippen LogP contribution < -0.4 is 4.74 Å². The van der Waals surface area contributed by atoms with Crippen molar-refractivity contribution in [3.8, 4) is 5.75 Å². The third kappa shape index (κ3) is 5.67. The minimum absolute atomic E-state index is 0.0382. The highest BCUT2D eigenvalue weighted by Gasteiger charge is 2.08. The molecule has 0 atom stereocenters. The molecule has 0 aliphatic heterocycles. The van der Waals surface area contributed by atoms with Crippen molar-refractivity contribution in [1.29, 1.82) is 0 Å².